The molecule has 13 N–H and O–H groups in total. The SMILES string of the molecule is C.CC[C@H](C)[C@H](N)C(=O)N[C@@H](Cc1ccccc1)C(=O)N[C@@H](CC(C)C)C(=O)N[C@H](C(=O)N[C@@H](CCCCN)C(=O)N[C@H](C(=O)N[C@@H](CC(C)C)C(=O)N[C@@H](C)C(=O)N[C@@H](C)C(=O)O)[C@@H](C)CC)[C@@H](C)CC. The van der Waals surface area contributed by atoms with Crippen LogP contribution in [0.1, 0.15) is 147 Å². The summed E-state index contributed by atoms with van der Waals surface area (Å²) in [7, 11) is 0. The lowest BCUT2D eigenvalue weighted by Crippen LogP contribution is -2.62. The number of amides is 8. The van der Waals surface area contributed by atoms with Crippen LogP contribution in [0.25, 0.3) is 0 Å². The van der Waals surface area contributed by atoms with E-state index < -0.39 is 119 Å². The summed E-state index contributed by atoms with van der Waals surface area (Å²) in [6, 6.07) is -0.976. The van der Waals surface area contributed by atoms with Gasteiger partial charge in [-0.15, -0.1) is 0 Å². The van der Waals surface area contributed by atoms with Gasteiger partial charge in [0.05, 0.1) is 6.04 Å². The van der Waals surface area contributed by atoms with E-state index in [-0.39, 0.29) is 50.9 Å². The van der Waals surface area contributed by atoms with Crippen molar-refractivity contribution in [1.82, 2.24) is 42.5 Å². The molecule has 0 heterocycles. The Bertz CT molecular complexity index is 1890. The van der Waals surface area contributed by atoms with Gasteiger partial charge in [0.25, 0.3) is 0 Å². The molecule has 0 aliphatic rings. The molecule has 1 aromatic carbocycles. The number of carbonyl (C=O) groups excluding carboxylic acids is 8. The molecule has 20 heteroatoms. The summed E-state index contributed by atoms with van der Waals surface area (Å²) in [5, 5.41) is 30.9. The minimum absolute atomic E-state index is 0. The van der Waals surface area contributed by atoms with E-state index in [2.05, 4.69) is 42.5 Å². The molecular formula is C52H92N10O10. The minimum Gasteiger partial charge on any atom is -0.480 e. The molecule has 12 atom stereocenters. The van der Waals surface area contributed by atoms with Gasteiger partial charge in [0.1, 0.15) is 48.3 Å². The van der Waals surface area contributed by atoms with Crippen molar-refractivity contribution in [3.63, 3.8) is 0 Å². The van der Waals surface area contributed by atoms with Crippen LogP contribution in [-0.4, -0.2) is 119 Å². The van der Waals surface area contributed by atoms with Crippen molar-refractivity contribution < 1.29 is 48.3 Å². The zero-order chi connectivity index (χ0) is 54.1. The van der Waals surface area contributed by atoms with Crippen LogP contribution in [0.2, 0.25) is 0 Å². The van der Waals surface area contributed by atoms with E-state index in [4.69, 9.17) is 11.5 Å². The fourth-order valence-corrected chi connectivity index (χ4v) is 7.49. The van der Waals surface area contributed by atoms with E-state index in [0.29, 0.717) is 38.6 Å². The lowest BCUT2D eigenvalue weighted by atomic mass is 9.95. The normalized spacial score (nSPS) is 16.2. The predicted octanol–water partition coefficient (Wildman–Crippen LogP) is 2.55. The predicted molar refractivity (Wildman–Crippen MR) is 279 cm³/mol. The topological polar surface area (TPSA) is 322 Å². The van der Waals surface area contributed by atoms with Gasteiger partial charge < -0.3 is 59.1 Å². The van der Waals surface area contributed by atoms with Gasteiger partial charge in [0, 0.05) is 6.42 Å². The Labute approximate surface area is 429 Å². The molecule has 1 aromatic rings. The number of aliphatic carboxylic acids is 1. The van der Waals surface area contributed by atoms with Crippen LogP contribution in [0.4, 0.5) is 0 Å². The van der Waals surface area contributed by atoms with Crippen LogP contribution >= 0.6 is 0 Å². The van der Waals surface area contributed by atoms with Crippen LogP contribution in [-0.2, 0) is 49.6 Å². The molecule has 0 fully saturated rings. The molecule has 0 bridgehead atoms. The summed E-state index contributed by atoms with van der Waals surface area (Å²) in [5.74, 6) is -7.72. The lowest BCUT2D eigenvalue weighted by Gasteiger charge is -2.31. The maximum atomic E-state index is 14.4. The molecule has 410 valence electrons. The molecule has 0 saturated heterocycles. The molecular weight excluding hydrogens is 925 g/mol. The van der Waals surface area contributed by atoms with E-state index in [1.165, 1.54) is 13.8 Å². The number of hydrogen-bond acceptors (Lipinski definition) is 11. The molecule has 0 aromatic heterocycles. The molecule has 0 saturated carbocycles. The molecule has 1 rings (SSSR count). The third-order valence-electron chi connectivity index (χ3n) is 12.8. The third-order valence-corrected chi connectivity index (χ3v) is 12.8. The first-order valence-corrected chi connectivity index (χ1v) is 25.5. The van der Waals surface area contributed by atoms with Crippen molar-refractivity contribution in [2.75, 3.05) is 6.54 Å². The summed E-state index contributed by atoms with van der Waals surface area (Å²) < 4.78 is 0. The van der Waals surface area contributed by atoms with Crippen molar-refractivity contribution in [2.45, 2.75) is 203 Å². The largest absolute Gasteiger partial charge is 0.480 e. The number of unbranched alkanes of at least 4 members (excludes halogenated alkanes) is 1. The number of carboxylic acid groups (broad SMARTS) is 1. The first-order valence-electron chi connectivity index (χ1n) is 25.5. The summed E-state index contributed by atoms with van der Waals surface area (Å²) in [6.07, 6.45) is 3.07. The minimum atomic E-state index is -1.26. The second kappa shape index (κ2) is 33.9. The van der Waals surface area contributed by atoms with Gasteiger partial charge in [0.15, 0.2) is 0 Å². The zero-order valence-corrected chi connectivity index (χ0v) is 44.3. The van der Waals surface area contributed by atoms with Crippen molar-refractivity contribution >= 4 is 53.2 Å². The number of nitrogens with two attached hydrogens (primary N) is 2. The number of nitrogens with one attached hydrogen (secondary N) is 8. The summed E-state index contributed by atoms with van der Waals surface area (Å²) >= 11 is 0. The Morgan fingerprint density at radius 1 is 0.486 bits per heavy atom. The van der Waals surface area contributed by atoms with Crippen LogP contribution in [0, 0.1) is 29.6 Å². The molecule has 0 unspecified atom stereocenters. The number of hydrogen-bond donors (Lipinski definition) is 11. The van der Waals surface area contributed by atoms with Crippen molar-refractivity contribution in [3.8, 4) is 0 Å². The van der Waals surface area contributed by atoms with Crippen LogP contribution < -0.4 is 54.0 Å². The number of rotatable bonds is 33. The lowest BCUT2D eigenvalue weighted by molar-refractivity contribution is -0.141. The van der Waals surface area contributed by atoms with Gasteiger partial charge in [-0.05, 0) is 87.6 Å². The highest BCUT2D eigenvalue weighted by Gasteiger charge is 2.37. The zero-order valence-electron chi connectivity index (χ0n) is 44.3. The molecule has 0 aliphatic heterocycles. The van der Waals surface area contributed by atoms with Crippen LogP contribution in [0.15, 0.2) is 30.3 Å². The average molecular weight is 1020 g/mol. The first kappa shape index (κ1) is 66.4. The molecule has 0 spiro atoms. The smallest absolute Gasteiger partial charge is 0.325 e. The average Bonchev–Trinajstić information content (AvgIpc) is 3.32. The fourth-order valence-electron chi connectivity index (χ4n) is 7.49. The second-order valence-corrected chi connectivity index (χ2v) is 19.9. The Hall–Kier alpha value is -5.63. The Balaban J connectivity index is 0.0000504. The van der Waals surface area contributed by atoms with Crippen LogP contribution in [0.3, 0.4) is 0 Å². The molecule has 8 amide bonds. The molecule has 0 radical (unpaired) electrons. The fraction of sp³-hybridized carbons (Fsp3) is 0.712. The number of carboxylic acids is 1. The Morgan fingerprint density at radius 2 is 0.889 bits per heavy atom. The van der Waals surface area contributed by atoms with E-state index in [1.54, 1.807) is 13.8 Å². The molecule has 72 heavy (non-hydrogen) atoms. The summed E-state index contributed by atoms with van der Waals surface area (Å²) in [6.45, 7) is 21.4. The van der Waals surface area contributed by atoms with Gasteiger partial charge in [0.2, 0.25) is 47.3 Å². The number of carbonyl (C=O) groups is 9. The van der Waals surface area contributed by atoms with Gasteiger partial charge in [-0.3, -0.25) is 43.2 Å². The Kier molecular flexibility index (Phi) is 31.3. The highest BCUT2D eigenvalue weighted by Crippen LogP contribution is 2.16. The highest BCUT2D eigenvalue weighted by molar-refractivity contribution is 5.98. The maximum absolute atomic E-state index is 14.4. The van der Waals surface area contributed by atoms with Gasteiger partial charge in [-0.25, -0.2) is 0 Å². The van der Waals surface area contributed by atoms with E-state index in [1.807, 2.05) is 85.7 Å². The van der Waals surface area contributed by atoms with Gasteiger partial charge in [-0.1, -0.05) is 126 Å². The summed E-state index contributed by atoms with van der Waals surface area (Å²) in [5.41, 5.74) is 12.8. The highest BCUT2D eigenvalue weighted by atomic mass is 16.4. The van der Waals surface area contributed by atoms with Crippen LogP contribution in [0.5, 0.6) is 0 Å². The molecule has 0 aliphatic carbocycles. The van der Waals surface area contributed by atoms with E-state index >= 15 is 0 Å². The van der Waals surface area contributed by atoms with Gasteiger partial charge >= 0.3 is 5.97 Å². The van der Waals surface area contributed by atoms with E-state index in [0.717, 1.165) is 5.56 Å². The maximum Gasteiger partial charge on any atom is 0.325 e. The quantitative estimate of drug-likeness (QED) is 0.0453. The molecule has 20 nitrogen and oxygen atoms in total. The van der Waals surface area contributed by atoms with E-state index in [9.17, 15) is 48.3 Å². The van der Waals surface area contributed by atoms with Crippen molar-refractivity contribution in [2.24, 2.45) is 41.1 Å². The summed E-state index contributed by atoms with van der Waals surface area (Å²) in [4.78, 5) is 122. The van der Waals surface area contributed by atoms with Crippen molar-refractivity contribution in [3.05, 3.63) is 35.9 Å². The van der Waals surface area contributed by atoms with Gasteiger partial charge in [-0.2, -0.15) is 0 Å². The standard InChI is InChI=1S/C51H88N10O10.CH4/c1-13-30(8)40(53)48(67)58-39(27-35-21-17-16-18-22-35)46(65)57-38(26-29(6)7)47(66)61-41(31(9)14-2)49(68)56-36(23-19-20-24-52)44(63)60-42(32(10)15-3)50(69)59-37(25-28(4)5)45(64)54-33(11)43(62)55-34(12)51(70)71;/h16-18,21-22,28-34,36-42H,13-15,19-20,23-27,52-53H2,1-12H3,(H,54,64)(H,55,62)(H,56,68)(H,57,65)(H,58,67)(H,59,69)(H,60,63)(H,61,66)(H,70,71);1H4/t30-,31-,32-,33-,34-,36-,37-,38-,39-,40-,41-,42-;/m0./s1. The monoisotopic (exact) mass is 1020 g/mol. The second-order valence-electron chi connectivity index (χ2n) is 19.9. The third kappa shape index (κ3) is 23.3. The first-order chi connectivity index (χ1) is 33.3. The Morgan fingerprint density at radius 3 is 1.33 bits per heavy atom. The van der Waals surface area contributed by atoms with Crippen molar-refractivity contribution in [1.29, 1.82) is 0 Å². The number of benzene rings is 1.